The van der Waals surface area contributed by atoms with Crippen LogP contribution in [-0.2, 0) is 24.7 Å². The van der Waals surface area contributed by atoms with Crippen LogP contribution in [0.4, 0.5) is 52.7 Å². The van der Waals surface area contributed by atoms with Gasteiger partial charge in [0, 0.05) is 11.6 Å². The van der Waals surface area contributed by atoms with Gasteiger partial charge in [-0.2, -0.15) is 52.7 Å². The second-order valence-electron chi connectivity index (χ2n) is 13.2. The van der Waals surface area contributed by atoms with Crippen LogP contribution >= 0.6 is 15.8 Å². The Kier molecular flexibility index (Phi) is 11.4. The van der Waals surface area contributed by atoms with Crippen LogP contribution in [-0.4, -0.2) is 5.66 Å². The molecule has 1 aliphatic carbocycles. The van der Waals surface area contributed by atoms with E-state index in [1.807, 2.05) is 85.8 Å². The first kappa shape index (κ1) is 41.2. The van der Waals surface area contributed by atoms with Gasteiger partial charge < -0.3 is 0 Å². The van der Waals surface area contributed by atoms with E-state index in [-0.39, 0.29) is 12.1 Å². The summed E-state index contributed by atoms with van der Waals surface area (Å²) in [5.74, 6) is -0.691. The first-order valence-corrected chi connectivity index (χ1v) is 19.7. The second kappa shape index (κ2) is 15.5. The Morgan fingerprint density at radius 3 is 1.30 bits per heavy atom. The van der Waals surface area contributed by atoms with E-state index in [1.54, 1.807) is 18.2 Å². The summed E-state index contributed by atoms with van der Waals surface area (Å²) in [6.45, 7) is 3.31. The largest absolute Gasteiger partial charge is 0.416 e. The highest BCUT2D eigenvalue weighted by atomic mass is 31.1. The highest BCUT2D eigenvalue weighted by molar-refractivity contribution is 7.80. The van der Waals surface area contributed by atoms with E-state index < -0.39 is 85.0 Å². The fourth-order valence-corrected chi connectivity index (χ4v) is 12.2. The molecule has 0 N–H and O–H groups in total. The monoisotopic (exact) mass is 824 g/mol. The van der Waals surface area contributed by atoms with Crippen LogP contribution in [0, 0.1) is 6.92 Å². The molecule has 0 aromatic heterocycles. The zero-order chi connectivity index (χ0) is 40.8. The van der Waals surface area contributed by atoms with E-state index in [0.717, 1.165) is 27.0 Å². The van der Waals surface area contributed by atoms with Crippen molar-refractivity contribution in [3.63, 3.8) is 0 Å². The van der Waals surface area contributed by atoms with Crippen LogP contribution in [0.15, 0.2) is 139 Å². The van der Waals surface area contributed by atoms with Gasteiger partial charge in [-0.3, -0.25) is 0 Å². The minimum atomic E-state index is -5.33. The number of halogens is 12. The van der Waals surface area contributed by atoms with Crippen LogP contribution in [0.1, 0.15) is 46.2 Å². The average Bonchev–Trinajstić information content (AvgIpc) is 3.61. The minimum Gasteiger partial charge on any atom is -0.166 e. The second-order valence-corrected chi connectivity index (χ2v) is 17.9. The lowest BCUT2D eigenvalue weighted by Crippen LogP contribution is -2.29. The molecule has 5 aromatic carbocycles. The lowest BCUT2D eigenvalue weighted by Gasteiger charge is -2.33. The third-order valence-electron chi connectivity index (χ3n) is 9.31. The topological polar surface area (TPSA) is 0 Å². The average molecular weight is 825 g/mol. The maximum absolute atomic E-state index is 14.2. The maximum Gasteiger partial charge on any atom is 0.416 e. The van der Waals surface area contributed by atoms with Gasteiger partial charge >= 0.3 is 24.7 Å². The lowest BCUT2D eigenvalue weighted by atomic mass is 9.91. The minimum absolute atomic E-state index is 0.123. The summed E-state index contributed by atoms with van der Waals surface area (Å²) in [4.78, 5) is 0. The zero-order valence-corrected chi connectivity index (χ0v) is 31.1. The van der Waals surface area contributed by atoms with E-state index in [1.165, 1.54) is 6.92 Å². The quantitative estimate of drug-likeness (QED) is 0.108. The molecule has 6 rings (SSSR count). The molecule has 292 valence electrons. The number of benzene rings is 5. The molecule has 0 amide bonds. The number of alkyl halides is 12. The van der Waals surface area contributed by atoms with Crippen molar-refractivity contribution in [2.24, 2.45) is 0 Å². The summed E-state index contributed by atoms with van der Waals surface area (Å²) in [7, 11) is -4.08. The highest BCUT2D eigenvalue weighted by Gasteiger charge is 2.42. The van der Waals surface area contributed by atoms with Crippen molar-refractivity contribution >= 4 is 42.4 Å². The molecule has 0 bridgehead atoms. The Morgan fingerprint density at radius 2 is 0.911 bits per heavy atom. The molecule has 5 aromatic rings. The number of aryl methyl sites for hydroxylation is 1. The Hall–Kier alpha value is -4.40. The van der Waals surface area contributed by atoms with Crippen LogP contribution in [0.2, 0.25) is 0 Å². The third-order valence-corrected chi connectivity index (χ3v) is 14.5. The molecule has 14 heteroatoms. The normalized spacial score (nSPS) is 15.8. The summed E-state index contributed by atoms with van der Waals surface area (Å²) >= 11 is 0. The van der Waals surface area contributed by atoms with Gasteiger partial charge in [0.2, 0.25) is 0 Å². The Balaban J connectivity index is 1.59. The number of rotatable bonds is 8. The predicted molar refractivity (Wildman–Crippen MR) is 198 cm³/mol. The zero-order valence-electron chi connectivity index (χ0n) is 29.3. The molecule has 0 saturated carbocycles. The van der Waals surface area contributed by atoms with Crippen LogP contribution in [0.5, 0.6) is 0 Å². The van der Waals surface area contributed by atoms with Gasteiger partial charge in [0.25, 0.3) is 0 Å². The molecular formula is C42H30F12P2. The Morgan fingerprint density at radius 1 is 0.500 bits per heavy atom. The van der Waals surface area contributed by atoms with E-state index in [4.69, 9.17) is 0 Å². The molecule has 0 heterocycles. The Bertz CT molecular complexity index is 2070. The van der Waals surface area contributed by atoms with Gasteiger partial charge in [-0.15, -0.1) is 0 Å². The smallest absolute Gasteiger partial charge is 0.166 e. The fourth-order valence-electron chi connectivity index (χ4n) is 6.77. The van der Waals surface area contributed by atoms with Crippen LogP contribution in [0.25, 0.3) is 0 Å². The standard InChI is InChI=1S/C42H30F12P2/c1-25-16-17-37(38(18-25)56(31-10-5-3-6-11-31)32-12-7-4-8-13-32)36-15-9-14-35(36)26(2)55(33-21-27(39(43,44)45)19-28(22-33)40(46,47)48)34-23-29(41(49,50)51)20-30(24-34)42(52,53)54/h3-24,26,36H,1-2H3/t26-,36?/m1/s1. The SMILES string of the molecule is Cc1ccc(C2C=CC=C2[C@@H](C)P(c2cc(C(F)(F)F)cc(C(F)(F)F)c2)c2cc(C(F)(F)F)cc(C(F)(F)F)c2)c(P(c2ccccc2)c2ccccc2)c1. The van der Waals surface area contributed by atoms with Crippen molar-refractivity contribution in [3.05, 3.63) is 172 Å². The molecule has 1 unspecified atom stereocenters. The summed E-state index contributed by atoms with van der Waals surface area (Å²) in [5.41, 5.74) is -6.12. The molecule has 0 aliphatic heterocycles. The summed E-state index contributed by atoms with van der Waals surface area (Å²) in [6, 6.07) is 26.1. The predicted octanol–water partition coefficient (Wildman–Crippen LogP) is 11.9. The fraction of sp³-hybridized carbons (Fsp3) is 0.190. The molecule has 0 spiro atoms. The van der Waals surface area contributed by atoms with Crippen molar-refractivity contribution in [2.45, 2.75) is 50.1 Å². The summed E-state index contributed by atoms with van der Waals surface area (Å²) < 4.78 is 170. The number of hydrogen-bond donors (Lipinski definition) is 0. The molecule has 0 nitrogen and oxygen atoms in total. The maximum atomic E-state index is 14.2. The summed E-state index contributed by atoms with van der Waals surface area (Å²) in [5, 5.41) is 1.43. The molecule has 0 fully saturated rings. The van der Waals surface area contributed by atoms with Gasteiger partial charge in [-0.25, -0.2) is 0 Å². The number of hydrogen-bond acceptors (Lipinski definition) is 0. The van der Waals surface area contributed by atoms with E-state index in [9.17, 15) is 52.7 Å². The Labute approximate surface area is 317 Å². The van der Waals surface area contributed by atoms with E-state index in [0.29, 0.717) is 29.8 Å². The molecule has 0 radical (unpaired) electrons. The van der Waals surface area contributed by atoms with Gasteiger partial charge in [0.1, 0.15) is 0 Å². The van der Waals surface area contributed by atoms with Crippen molar-refractivity contribution < 1.29 is 52.7 Å². The lowest BCUT2D eigenvalue weighted by molar-refractivity contribution is -0.144. The van der Waals surface area contributed by atoms with Gasteiger partial charge in [-0.1, -0.05) is 115 Å². The van der Waals surface area contributed by atoms with Crippen molar-refractivity contribution in [1.29, 1.82) is 0 Å². The van der Waals surface area contributed by atoms with Crippen molar-refractivity contribution in [3.8, 4) is 0 Å². The van der Waals surface area contributed by atoms with Gasteiger partial charge in [0.15, 0.2) is 0 Å². The van der Waals surface area contributed by atoms with E-state index in [2.05, 4.69) is 0 Å². The van der Waals surface area contributed by atoms with Crippen molar-refractivity contribution in [2.75, 3.05) is 0 Å². The first-order valence-electron chi connectivity index (χ1n) is 16.9. The van der Waals surface area contributed by atoms with Crippen molar-refractivity contribution in [1.82, 2.24) is 0 Å². The van der Waals surface area contributed by atoms with Crippen LogP contribution < -0.4 is 26.5 Å². The summed E-state index contributed by atoms with van der Waals surface area (Å²) in [6.07, 6.45) is -16.3. The van der Waals surface area contributed by atoms with Gasteiger partial charge in [0.05, 0.1) is 22.3 Å². The van der Waals surface area contributed by atoms with E-state index >= 15 is 0 Å². The number of allylic oxidation sites excluding steroid dienone is 4. The molecular weight excluding hydrogens is 794 g/mol. The third kappa shape index (κ3) is 8.92. The molecule has 0 saturated heterocycles. The molecule has 1 aliphatic rings. The van der Waals surface area contributed by atoms with Crippen LogP contribution in [0.3, 0.4) is 0 Å². The molecule has 2 atom stereocenters. The first-order chi connectivity index (χ1) is 26.1. The highest BCUT2D eigenvalue weighted by Crippen LogP contribution is 2.52. The molecule has 56 heavy (non-hydrogen) atoms. The van der Waals surface area contributed by atoms with Gasteiger partial charge in [-0.05, 0) is 91.3 Å².